The Labute approximate surface area is 167 Å². The van der Waals surface area contributed by atoms with Crippen molar-refractivity contribution in [2.75, 3.05) is 16.0 Å². The molecule has 0 aliphatic heterocycles. The van der Waals surface area contributed by atoms with Crippen LogP contribution in [0, 0.1) is 0 Å². The molecule has 140 valence electrons. The van der Waals surface area contributed by atoms with E-state index in [1.165, 1.54) is 0 Å². The fourth-order valence-corrected chi connectivity index (χ4v) is 2.74. The van der Waals surface area contributed by atoms with Crippen LogP contribution in [0.5, 0.6) is 0 Å². The molecule has 0 unspecified atom stereocenters. The third-order valence-corrected chi connectivity index (χ3v) is 4.35. The van der Waals surface area contributed by atoms with Crippen LogP contribution in [0.2, 0.25) is 10.0 Å². The number of amides is 2. The predicted molar refractivity (Wildman–Crippen MR) is 112 cm³/mol. The first-order chi connectivity index (χ1) is 12.9. The van der Waals surface area contributed by atoms with Crippen molar-refractivity contribution in [1.82, 2.24) is 9.97 Å². The summed E-state index contributed by atoms with van der Waals surface area (Å²) in [4.78, 5) is 19.7. The molecule has 0 radical (unpaired) electrons. The van der Waals surface area contributed by atoms with Gasteiger partial charge in [-0.25, -0.2) is 9.78 Å². The second kappa shape index (κ2) is 8.33. The monoisotopic (exact) mass is 403 g/mol. The number of imidazole rings is 1. The average Bonchev–Trinajstić information content (AvgIpc) is 3.06. The van der Waals surface area contributed by atoms with E-state index in [0.29, 0.717) is 27.4 Å². The fourth-order valence-electron chi connectivity index (χ4n) is 2.45. The second-order valence-electron chi connectivity index (χ2n) is 6.23. The first kappa shape index (κ1) is 19.1. The van der Waals surface area contributed by atoms with Gasteiger partial charge in [0, 0.05) is 23.0 Å². The highest BCUT2D eigenvalue weighted by atomic mass is 35.5. The molecule has 2 amide bonds. The van der Waals surface area contributed by atoms with Crippen molar-refractivity contribution in [3.63, 3.8) is 0 Å². The molecule has 3 rings (SSSR count). The van der Waals surface area contributed by atoms with Gasteiger partial charge in [-0.15, -0.1) is 0 Å². The number of rotatable bonds is 5. The quantitative estimate of drug-likeness (QED) is 0.431. The normalized spacial score (nSPS) is 10.7. The number of H-pyrrole nitrogens is 1. The van der Waals surface area contributed by atoms with Gasteiger partial charge in [0.15, 0.2) is 0 Å². The zero-order valence-electron chi connectivity index (χ0n) is 14.8. The Morgan fingerprint density at radius 1 is 1.04 bits per heavy atom. The number of nitrogens with one attached hydrogen (secondary N) is 4. The largest absolute Gasteiger partial charge is 0.354 e. The van der Waals surface area contributed by atoms with E-state index in [1.807, 2.05) is 38.1 Å². The Bertz CT molecular complexity index is 955. The minimum absolute atomic E-state index is 0.280. The third-order valence-electron chi connectivity index (χ3n) is 3.61. The SMILES string of the molecule is CC(C)Nc1ncc(-c2cccc(NC(=O)Nc3ccc(Cl)c(Cl)c3)c2)[nH]1. The molecule has 6 nitrogen and oxygen atoms in total. The van der Waals surface area contributed by atoms with E-state index in [0.717, 1.165) is 11.3 Å². The molecule has 27 heavy (non-hydrogen) atoms. The number of nitrogens with zero attached hydrogens (tertiary/aromatic N) is 1. The molecule has 8 heteroatoms. The van der Waals surface area contributed by atoms with Crippen LogP contribution < -0.4 is 16.0 Å². The summed E-state index contributed by atoms with van der Waals surface area (Å²) in [6.07, 6.45) is 1.75. The summed E-state index contributed by atoms with van der Waals surface area (Å²) in [5.74, 6) is 0.704. The van der Waals surface area contributed by atoms with Crippen LogP contribution in [-0.2, 0) is 0 Å². The van der Waals surface area contributed by atoms with Gasteiger partial charge in [-0.3, -0.25) is 0 Å². The zero-order chi connectivity index (χ0) is 19.4. The Hall–Kier alpha value is -2.70. The van der Waals surface area contributed by atoms with Gasteiger partial charge in [0.2, 0.25) is 5.95 Å². The second-order valence-corrected chi connectivity index (χ2v) is 7.05. The fraction of sp³-hybridized carbons (Fsp3) is 0.158. The van der Waals surface area contributed by atoms with Crippen molar-refractivity contribution in [3.8, 4) is 11.3 Å². The van der Waals surface area contributed by atoms with Crippen molar-refractivity contribution in [2.24, 2.45) is 0 Å². The molecule has 0 atom stereocenters. The molecule has 1 aromatic heterocycles. The van der Waals surface area contributed by atoms with Gasteiger partial charge in [-0.1, -0.05) is 35.3 Å². The average molecular weight is 404 g/mol. The van der Waals surface area contributed by atoms with Crippen LogP contribution in [0.25, 0.3) is 11.3 Å². The van der Waals surface area contributed by atoms with E-state index in [-0.39, 0.29) is 12.1 Å². The lowest BCUT2D eigenvalue weighted by molar-refractivity contribution is 0.262. The highest BCUT2D eigenvalue weighted by Gasteiger charge is 2.08. The molecular weight excluding hydrogens is 385 g/mol. The van der Waals surface area contributed by atoms with E-state index in [9.17, 15) is 4.79 Å². The van der Waals surface area contributed by atoms with E-state index in [2.05, 4.69) is 25.9 Å². The topological polar surface area (TPSA) is 81.8 Å². The van der Waals surface area contributed by atoms with Crippen molar-refractivity contribution in [3.05, 3.63) is 58.7 Å². The van der Waals surface area contributed by atoms with E-state index < -0.39 is 0 Å². The summed E-state index contributed by atoms with van der Waals surface area (Å²) in [6, 6.07) is 12.3. The molecule has 0 spiro atoms. The van der Waals surface area contributed by atoms with Gasteiger partial charge in [0.05, 0.1) is 21.9 Å². The molecular formula is C19H19Cl2N5O. The maximum absolute atomic E-state index is 12.2. The molecule has 0 aliphatic carbocycles. The number of halogens is 2. The highest BCUT2D eigenvalue weighted by Crippen LogP contribution is 2.25. The maximum atomic E-state index is 12.2. The molecule has 0 aliphatic rings. The number of carbonyl (C=O) groups excluding carboxylic acids is 1. The van der Waals surface area contributed by atoms with Crippen LogP contribution >= 0.6 is 23.2 Å². The van der Waals surface area contributed by atoms with Crippen molar-refractivity contribution in [2.45, 2.75) is 19.9 Å². The first-order valence-electron chi connectivity index (χ1n) is 8.36. The van der Waals surface area contributed by atoms with E-state index >= 15 is 0 Å². The van der Waals surface area contributed by atoms with E-state index in [1.54, 1.807) is 24.4 Å². The Balaban J connectivity index is 1.69. The minimum Gasteiger partial charge on any atom is -0.354 e. The molecule has 0 saturated heterocycles. The highest BCUT2D eigenvalue weighted by molar-refractivity contribution is 6.42. The number of aromatic amines is 1. The maximum Gasteiger partial charge on any atom is 0.323 e. The lowest BCUT2D eigenvalue weighted by Crippen LogP contribution is -2.19. The summed E-state index contributed by atoms with van der Waals surface area (Å²) in [6.45, 7) is 4.08. The van der Waals surface area contributed by atoms with Crippen LogP contribution in [-0.4, -0.2) is 22.0 Å². The van der Waals surface area contributed by atoms with Crippen molar-refractivity contribution in [1.29, 1.82) is 0 Å². The standard InChI is InChI=1S/C19H19Cl2N5O/c1-11(2)23-18-22-10-17(26-18)12-4-3-5-13(8-12)24-19(27)25-14-6-7-15(20)16(21)9-14/h3-11H,1-2H3,(H2,22,23,26)(H2,24,25,27). The number of urea groups is 1. The van der Waals surface area contributed by atoms with Gasteiger partial charge in [-0.2, -0.15) is 0 Å². The number of carbonyl (C=O) groups is 1. The summed E-state index contributed by atoms with van der Waals surface area (Å²) < 4.78 is 0. The third kappa shape index (κ3) is 5.15. The molecule has 0 saturated carbocycles. The van der Waals surface area contributed by atoms with Crippen LogP contribution in [0.4, 0.5) is 22.1 Å². The Morgan fingerprint density at radius 3 is 2.48 bits per heavy atom. The Kier molecular flexibility index (Phi) is 5.88. The summed E-state index contributed by atoms with van der Waals surface area (Å²) >= 11 is 11.8. The molecule has 0 fully saturated rings. The minimum atomic E-state index is -0.377. The zero-order valence-corrected chi connectivity index (χ0v) is 16.3. The number of anilines is 3. The summed E-state index contributed by atoms with van der Waals surface area (Å²) in [5.41, 5.74) is 2.97. The lowest BCUT2D eigenvalue weighted by Gasteiger charge is -2.09. The summed E-state index contributed by atoms with van der Waals surface area (Å²) in [7, 11) is 0. The van der Waals surface area contributed by atoms with Gasteiger partial charge >= 0.3 is 6.03 Å². The van der Waals surface area contributed by atoms with Crippen LogP contribution in [0.15, 0.2) is 48.7 Å². The number of aromatic nitrogens is 2. The van der Waals surface area contributed by atoms with Crippen LogP contribution in [0.3, 0.4) is 0 Å². The molecule has 3 aromatic rings. The Morgan fingerprint density at radius 2 is 1.78 bits per heavy atom. The lowest BCUT2D eigenvalue weighted by atomic mass is 10.1. The smallest absolute Gasteiger partial charge is 0.323 e. The van der Waals surface area contributed by atoms with Crippen molar-refractivity contribution < 1.29 is 4.79 Å². The number of benzene rings is 2. The summed E-state index contributed by atoms with van der Waals surface area (Å²) in [5, 5.41) is 9.54. The van der Waals surface area contributed by atoms with Gasteiger partial charge in [-0.05, 0) is 44.2 Å². The number of hydrogen-bond donors (Lipinski definition) is 4. The molecule has 0 bridgehead atoms. The van der Waals surface area contributed by atoms with Gasteiger partial charge in [0.25, 0.3) is 0 Å². The first-order valence-corrected chi connectivity index (χ1v) is 9.11. The number of hydrogen-bond acceptors (Lipinski definition) is 3. The molecule has 4 N–H and O–H groups in total. The van der Waals surface area contributed by atoms with Crippen LogP contribution in [0.1, 0.15) is 13.8 Å². The predicted octanol–water partition coefficient (Wildman–Crippen LogP) is 5.85. The van der Waals surface area contributed by atoms with Gasteiger partial charge in [0.1, 0.15) is 0 Å². The van der Waals surface area contributed by atoms with Gasteiger partial charge < -0.3 is 20.9 Å². The van der Waals surface area contributed by atoms with Crippen molar-refractivity contribution >= 4 is 46.6 Å². The molecule has 1 heterocycles. The van der Waals surface area contributed by atoms with E-state index in [4.69, 9.17) is 23.2 Å². The molecule has 2 aromatic carbocycles.